The smallest absolute Gasteiger partial charge is 0.242 e. The zero-order chi connectivity index (χ0) is 20.8. The van der Waals surface area contributed by atoms with Gasteiger partial charge in [0.15, 0.2) is 0 Å². The van der Waals surface area contributed by atoms with Crippen molar-refractivity contribution in [1.29, 1.82) is 0 Å². The zero-order valence-corrected chi connectivity index (χ0v) is 16.9. The second-order valence-corrected chi connectivity index (χ2v) is 6.56. The highest BCUT2D eigenvalue weighted by molar-refractivity contribution is 5.99. The monoisotopic (exact) mass is 399 g/mol. The highest BCUT2D eigenvalue weighted by atomic mass is 16.5. The summed E-state index contributed by atoms with van der Waals surface area (Å²) < 4.78 is 10.6. The highest BCUT2D eigenvalue weighted by Crippen LogP contribution is 2.32. The van der Waals surface area contributed by atoms with Gasteiger partial charge in [-0.1, -0.05) is 0 Å². The first-order valence-electron chi connectivity index (χ1n) is 9.33. The van der Waals surface area contributed by atoms with E-state index in [1.807, 2.05) is 4.90 Å². The molecule has 154 valence electrons. The molecule has 29 heavy (non-hydrogen) atoms. The van der Waals surface area contributed by atoms with Crippen LogP contribution in [0.5, 0.6) is 11.5 Å². The number of aromatic nitrogens is 2. The molecule has 0 unspecified atom stereocenters. The Bertz CT molecular complexity index is 853. The standard InChI is InChI=1S/C20H25N5O4/c1-15(26)25(17-13-16(28-2)5-6-18(17)29-3)14-19(27)23-9-11-24(12-10-23)20-21-7-4-8-22-20/h4-8,13H,9-12,14H2,1-3H3. The van der Waals surface area contributed by atoms with Crippen molar-refractivity contribution in [2.75, 3.05) is 56.7 Å². The lowest BCUT2D eigenvalue weighted by Gasteiger charge is -2.35. The fraction of sp³-hybridized carbons (Fsp3) is 0.400. The predicted octanol–water partition coefficient (Wildman–Crippen LogP) is 1.20. The van der Waals surface area contributed by atoms with Crippen molar-refractivity contribution in [1.82, 2.24) is 14.9 Å². The summed E-state index contributed by atoms with van der Waals surface area (Å²) in [7, 11) is 3.07. The molecule has 2 heterocycles. The van der Waals surface area contributed by atoms with E-state index in [2.05, 4.69) is 9.97 Å². The van der Waals surface area contributed by atoms with E-state index in [-0.39, 0.29) is 18.4 Å². The van der Waals surface area contributed by atoms with Gasteiger partial charge in [0.05, 0.1) is 19.9 Å². The summed E-state index contributed by atoms with van der Waals surface area (Å²) >= 11 is 0. The molecule has 0 aliphatic carbocycles. The van der Waals surface area contributed by atoms with Gasteiger partial charge in [0.25, 0.3) is 0 Å². The lowest BCUT2D eigenvalue weighted by Crippen LogP contribution is -2.52. The third kappa shape index (κ3) is 4.74. The number of nitrogens with zero attached hydrogens (tertiary/aromatic N) is 5. The molecule has 9 heteroatoms. The summed E-state index contributed by atoms with van der Waals surface area (Å²) in [5.41, 5.74) is 0.504. The maximum absolute atomic E-state index is 12.9. The molecule has 1 saturated heterocycles. The first-order valence-corrected chi connectivity index (χ1v) is 9.33. The maximum Gasteiger partial charge on any atom is 0.242 e. The van der Waals surface area contributed by atoms with E-state index in [4.69, 9.17) is 9.47 Å². The molecular formula is C20H25N5O4. The van der Waals surface area contributed by atoms with Crippen molar-refractivity contribution in [3.63, 3.8) is 0 Å². The summed E-state index contributed by atoms with van der Waals surface area (Å²) in [4.78, 5) is 38.9. The molecule has 0 atom stereocenters. The Morgan fingerprint density at radius 3 is 2.34 bits per heavy atom. The topological polar surface area (TPSA) is 88.1 Å². The van der Waals surface area contributed by atoms with Crippen LogP contribution in [0, 0.1) is 0 Å². The number of ether oxygens (including phenoxy) is 2. The number of benzene rings is 1. The summed E-state index contributed by atoms with van der Waals surface area (Å²) in [6, 6.07) is 6.92. The van der Waals surface area contributed by atoms with Gasteiger partial charge in [0.2, 0.25) is 17.8 Å². The van der Waals surface area contributed by atoms with E-state index in [9.17, 15) is 9.59 Å². The molecule has 0 N–H and O–H groups in total. The normalized spacial score (nSPS) is 13.8. The number of rotatable bonds is 6. The van der Waals surface area contributed by atoms with Crippen molar-refractivity contribution in [2.45, 2.75) is 6.92 Å². The number of methoxy groups -OCH3 is 2. The molecule has 0 spiro atoms. The van der Waals surface area contributed by atoms with Crippen LogP contribution in [0.2, 0.25) is 0 Å². The Labute approximate surface area is 169 Å². The molecule has 1 aromatic carbocycles. The molecule has 1 fully saturated rings. The van der Waals surface area contributed by atoms with E-state index in [1.165, 1.54) is 18.9 Å². The van der Waals surface area contributed by atoms with Crippen LogP contribution < -0.4 is 19.3 Å². The Kier molecular flexibility index (Phi) is 6.48. The number of anilines is 2. The number of amides is 2. The fourth-order valence-electron chi connectivity index (χ4n) is 3.22. The van der Waals surface area contributed by atoms with Crippen LogP contribution >= 0.6 is 0 Å². The number of piperazine rings is 1. The van der Waals surface area contributed by atoms with E-state index in [1.54, 1.807) is 48.7 Å². The lowest BCUT2D eigenvalue weighted by molar-refractivity contribution is -0.131. The van der Waals surface area contributed by atoms with Gasteiger partial charge in [-0.05, 0) is 18.2 Å². The molecule has 2 aromatic rings. The number of hydrogen-bond donors (Lipinski definition) is 0. The SMILES string of the molecule is COc1ccc(OC)c(N(CC(=O)N2CCN(c3ncccn3)CC2)C(C)=O)c1. The van der Waals surface area contributed by atoms with Gasteiger partial charge in [-0.25, -0.2) is 9.97 Å². The number of carbonyl (C=O) groups excluding carboxylic acids is 2. The minimum absolute atomic E-state index is 0.0688. The van der Waals surface area contributed by atoms with Gasteiger partial charge in [0, 0.05) is 51.6 Å². The van der Waals surface area contributed by atoms with Gasteiger partial charge >= 0.3 is 0 Å². The molecule has 1 aliphatic heterocycles. The average molecular weight is 399 g/mol. The molecule has 1 aliphatic rings. The molecule has 0 bridgehead atoms. The van der Waals surface area contributed by atoms with Crippen molar-refractivity contribution in [2.24, 2.45) is 0 Å². The molecule has 0 saturated carbocycles. The predicted molar refractivity (Wildman–Crippen MR) is 108 cm³/mol. The van der Waals surface area contributed by atoms with E-state index in [0.717, 1.165) is 0 Å². The van der Waals surface area contributed by atoms with Crippen LogP contribution in [0.3, 0.4) is 0 Å². The van der Waals surface area contributed by atoms with Gasteiger partial charge in [-0.3, -0.25) is 14.5 Å². The molecule has 2 amide bonds. The second-order valence-electron chi connectivity index (χ2n) is 6.56. The van der Waals surface area contributed by atoms with Crippen LogP contribution in [0.4, 0.5) is 11.6 Å². The summed E-state index contributed by atoms with van der Waals surface area (Å²) in [6.07, 6.45) is 3.40. The zero-order valence-electron chi connectivity index (χ0n) is 16.9. The van der Waals surface area contributed by atoms with Crippen LogP contribution in [-0.2, 0) is 9.59 Å². The van der Waals surface area contributed by atoms with E-state index < -0.39 is 0 Å². The Morgan fingerprint density at radius 2 is 1.76 bits per heavy atom. The van der Waals surface area contributed by atoms with E-state index in [0.29, 0.717) is 49.3 Å². The Balaban J connectivity index is 1.69. The van der Waals surface area contributed by atoms with Gasteiger partial charge in [0.1, 0.15) is 18.0 Å². The average Bonchev–Trinajstić information content (AvgIpc) is 2.77. The molecule has 9 nitrogen and oxygen atoms in total. The molecule has 0 radical (unpaired) electrons. The van der Waals surface area contributed by atoms with Crippen molar-refractivity contribution in [3.05, 3.63) is 36.7 Å². The second kappa shape index (κ2) is 9.22. The largest absolute Gasteiger partial charge is 0.497 e. The van der Waals surface area contributed by atoms with Crippen molar-refractivity contribution >= 4 is 23.5 Å². The Morgan fingerprint density at radius 1 is 1.07 bits per heavy atom. The third-order valence-electron chi connectivity index (χ3n) is 4.82. The lowest BCUT2D eigenvalue weighted by atomic mass is 10.2. The van der Waals surface area contributed by atoms with E-state index >= 15 is 0 Å². The first-order chi connectivity index (χ1) is 14.0. The molecular weight excluding hydrogens is 374 g/mol. The number of carbonyl (C=O) groups is 2. The first kappa shape index (κ1) is 20.4. The van der Waals surface area contributed by atoms with Gasteiger partial charge in [-0.15, -0.1) is 0 Å². The summed E-state index contributed by atoms with van der Waals surface area (Å²) in [5, 5.41) is 0. The minimum Gasteiger partial charge on any atom is -0.497 e. The third-order valence-corrected chi connectivity index (χ3v) is 4.82. The minimum atomic E-state index is -0.249. The highest BCUT2D eigenvalue weighted by Gasteiger charge is 2.26. The number of hydrogen-bond acceptors (Lipinski definition) is 7. The van der Waals surface area contributed by atoms with Crippen LogP contribution in [0.15, 0.2) is 36.7 Å². The van der Waals surface area contributed by atoms with Crippen LogP contribution in [0.1, 0.15) is 6.92 Å². The van der Waals surface area contributed by atoms with Gasteiger partial charge in [-0.2, -0.15) is 0 Å². The van der Waals surface area contributed by atoms with Crippen molar-refractivity contribution in [3.8, 4) is 11.5 Å². The molecule has 3 rings (SSSR count). The summed E-state index contributed by atoms with van der Waals surface area (Å²) in [6.45, 7) is 3.71. The Hall–Kier alpha value is -3.36. The summed E-state index contributed by atoms with van der Waals surface area (Å²) in [5.74, 6) is 1.36. The quantitative estimate of drug-likeness (QED) is 0.721. The van der Waals surface area contributed by atoms with Crippen LogP contribution in [-0.4, -0.2) is 73.6 Å². The van der Waals surface area contributed by atoms with Crippen LogP contribution in [0.25, 0.3) is 0 Å². The maximum atomic E-state index is 12.9. The fourth-order valence-corrected chi connectivity index (χ4v) is 3.22. The molecule has 1 aromatic heterocycles. The van der Waals surface area contributed by atoms with Crippen molar-refractivity contribution < 1.29 is 19.1 Å². The van der Waals surface area contributed by atoms with Gasteiger partial charge < -0.3 is 19.3 Å².